The van der Waals surface area contributed by atoms with Crippen molar-refractivity contribution in [2.75, 3.05) is 4.90 Å². The lowest BCUT2D eigenvalue weighted by molar-refractivity contribution is -0.132. The van der Waals surface area contributed by atoms with Gasteiger partial charge in [-0.15, -0.1) is 10.2 Å². The largest absolute Gasteiger partial charge is 0.507 e. The van der Waals surface area contributed by atoms with Crippen LogP contribution in [0.5, 0.6) is 0 Å². The summed E-state index contributed by atoms with van der Waals surface area (Å²) in [5.74, 6) is -1.84. The minimum atomic E-state index is -0.916. The topological polar surface area (TPSA) is 96.3 Å². The third kappa shape index (κ3) is 4.77. The molecule has 3 heterocycles. The van der Waals surface area contributed by atoms with Crippen molar-refractivity contribution in [2.45, 2.75) is 30.0 Å². The standard InChI is InChI=1S/C27H21FN4O3S2/c1-15-7-8-16(2)19(13-15)23(33)21-22(17-9-11-29-12-10-17)32(25(35)24(21)34)26-30-31-27(37-26)36-14-18-5-3-4-6-20(18)28/h3-13,22,33H,14H2,1-2H3/b23-21+. The Balaban J connectivity index is 1.56. The number of thioether (sulfide) groups is 1. The number of aliphatic hydroxyl groups is 1. The number of nitrogens with zero attached hydrogens (tertiary/aromatic N) is 4. The molecule has 5 rings (SSSR count). The number of hydrogen-bond donors (Lipinski definition) is 1. The van der Waals surface area contributed by atoms with Crippen LogP contribution in [0, 0.1) is 19.7 Å². The Morgan fingerprint density at radius 1 is 1.08 bits per heavy atom. The maximum atomic E-state index is 14.0. The Bertz CT molecular complexity index is 1540. The zero-order valence-electron chi connectivity index (χ0n) is 19.9. The van der Waals surface area contributed by atoms with E-state index in [0.29, 0.717) is 26.8 Å². The molecule has 1 aliphatic heterocycles. The summed E-state index contributed by atoms with van der Waals surface area (Å²) in [7, 11) is 0. The molecular formula is C27H21FN4O3S2. The van der Waals surface area contributed by atoms with Crippen molar-refractivity contribution in [1.29, 1.82) is 0 Å². The molecule has 1 fully saturated rings. The number of hydrogen-bond acceptors (Lipinski definition) is 8. The Kier molecular flexibility index (Phi) is 6.86. The number of aromatic nitrogens is 3. The SMILES string of the molecule is Cc1ccc(C)c(/C(O)=C2\C(=O)C(=O)N(c3nnc(SCc4ccccc4F)s3)C2c2ccncc2)c1. The first-order valence-electron chi connectivity index (χ1n) is 11.3. The molecule has 0 bridgehead atoms. The first-order chi connectivity index (χ1) is 17.8. The number of aryl methyl sites for hydroxylation is 2. The van der Waals surface area contributed by atoms with Gasteiger partial charge < -0.3 is 5.11 Å². The lowest BCUT2D eigenvalue weighted by Crippen LogP contribution is -2.29. The molecule has 1 aliphatic rings. The molecule has 2 aromatic carbocycles. The number of carbonyl (C=O) groups is 2. The number of Topliss-reactive ketones (excluding diaryl/α,β-unsaturated/α-hetero) is 1. The van der Waals surface area contributed by atoms with Gasteiger partial charge in [-0.1, -0.05) is 59.0 Å². The third-order valence-electron chi connectivity index (χ3n) is 6.03. The molecule has 0 radical (unpaired) electrons. The molecule has 1 unspecified atom stereocenters. The molecule has 1 amide bonds. The van der Waals surface area contributed by atoms with Gasteiger partial charge in [0.25, 0.3) is 5.78 Å². The van der Waals surface area contributed by atoms with Crippen LogP contribution in [0.25, 0.3) is 5.76 Å². The van der Waals surface area contributed by atoms with E-state index in [4.69, 9.17) is 0 Å². The summed E-state index contributed by atoms with van der Waals surface area (Å²) in [6, 6.07) is 14.5. The van der Waals surface area contributed by atoms with E-state index in [1.54, 1.807) is 48.8 Å². The second kappa shape index (κ2) is 10.2. The number of ketones is 1. The molecular weight excluding hydrogens is 511 g/mol. The van der Waals surface area contributed by atoms with Crippen LogP contribution < -0.4 is 4.90 Å². The van der Waals surface area contributed by atoms with E-state index in [1.807, 2.05) is 26.0 Å². The maximum absolute atomic E-state index is 14.0. The van der Waals surface area contributed by atoms with Gasteiger partial charge in [0.05, 0.1) is 11.6 Å². The van der Waals surface area contributed by atoms with Crippen molar-refractivity contribution in [1.82, 2.24) is 15.2 Å². The smallest absolute Gasteiger partial charge is 0.301 e. The second-order valence-electron chi connectivity index (χ2n) is 8.50. The van der Waals surface area contributed by atoms with Crippen LogP contribution in [0.2, 0.25) is 0 Å². The second-order valence-corrected chi connectivity index (χ2v) is 10.7. The molecule has 2 aromatic heterocycles. The summed E-state index contributed by atoms with van der Waals surface area (Å²) in [5.41, 5.74) is 3.25. The molecule has 186 valence electrons. The van der Waals surface area contributed by atoms with Crippen molar-refractivity contribution in [3.05, 3.63) is 106 Å². The fourth-order valence-electron chi connectivity index (χ4n) is 4.14. The Morgan fingerprint density at radius 2 is 1.84 bits per heavy atom. The van der Waals surface area contributed by atoms with Crippen molar-refractivity contribution in [3.8, 4) is 0 Å². The summed E-state index contributed by atoms with van der Waals surface area (Å²) < 4.78 is 14.5. The lowest BCUT2D eigenvalue weighted by atomic mass is 9.94. The molecule has 4 aromatic rings. The zero-order valence-corrected chi connectivity index (χ0v) is 21.5. The van der Waals surface area contributed by atoms with Gasteiger partial charge in [0.2, 0.25) is 5.13 Å². The molecule has 37 heavy (non-hydrogen) atoms. The quantitative estimate of drug-likeness (QED) is 0.113. The molecule has 10 heteroatoms. The van der Waals surface area contributed by atoms with Gasteiger partial charge in [0.1, 0.15) is 11.6 Å². The van der Waals surface area contributed by atoms with Crippen molar-refractivity contribution in [3.63, 3.8) is 0 Å². The Morgan fingerprint density at radius 3 is 2.59 bits per heavy atom. The minimum absolute atomic E-state index is 0.0272. The molecule has 1 atom stereocenters. The van der Waals surface area contributed by atoms with Gasteiger partial charge in [-0.05, 0) is 54.8 Å². The number of rotatable bonds is 6. The highest BCUT2D eigenvalue weighted by Crippen LogP contribution is 2.44. The van der Waals surface area contributed by atoms with E-state index < -0.39 is 17.7 Å². The van der Waals surface area contributed by atoms with Gasteiger partial charge in [-0.2, -0.15) is 0 Å². The van der Waals surface area contributed by atoms with E-state index in [0.717, 1.165) is 22.5 Å². The summed E-state index contributed by atoms with van der Waals surface area (Å²) >= 11 is 2.41. The molecule has 7 nitrogen and oxygen atoms in total. The van der Waals surface area contributed by atoms with Crippen LogP contribution in [0.4, 0.5) is 9.52 Å². The highest BCUT2D eigenvalue weighted by atomic mass is 32.2. The van der Waals surface area contributed by atoms with Gasteiger partial charge in [0.15, 0.2) is 4.34 Å². The van der Waals surface area contributed by atoms with Crippen LogP contribution in [0.1, 0.15) is 33.9 Å². The Hall–Kier alpha value is -3.89. The number of anilines is 1. The van der Waals surface area contributed by atoms with Crippen LogP contribution in [-0.2, 0) is 15.3 Å². The number of pyridine rings is 1. The normalized spacial score (nSPS) is 16.9. The molecule has 1 N–H and O–H groups in total. The first kappa shape index (κ1) is 24.8. The summed E-state index contributed by atoms with van der Waals surface area (Å²) in [6.45, 7) is 3.72. The van der Waals surface area contributed by atoms with Gasteiger partial charge in [-0.25, -0.2) is 4.39 Å². The summed E-state index contributed by atoms with van der Waals surface area (Å²) in [4.78, 5) is 31.9. The van der Waals surface area contributed by atoms with Crippen LogP contribution in [0.15, 0.2) is 76.9 Å². The van der Waals surface area contributed by atoms with E-state index in [1.165, 1.54) is 22.7 Å². The Labute approximate surface area is 220 Å². The number of carbonyl (C=O) groups excluding carboxylic acids is 2. The van der Waals surface area contributed by atoms with E-state index in [2.05, 4.69) is 15.2 Å². The van der Waals surface area contributed by atoms with Crippen molar-refractivity contribution < 1.29 is 19.1 Å². The summed E-state index contributed by atoms with van der Waals surface area (Å²) in [6.07, 6.45) is 3.12. The highest BCUT2D eigenvalue weighted by Gasteiger charge is 2.48. The van der Waals surface area contributed by atoms with Gasteiger partial charge in [-0.3, -0.25) is 19.5 Å². The first-order valence-corrected chi connectivity index (χ1v) is 13.1. The predicted octanol–water partition coefficient (Wildman–Crippen LogP) is 5.61. The molecule has 0 aliphatic carbocycles. The predicted molar refractivity (Wildman–Crippen MR) is 141 cm³/mol. The van der Waals surface area contributed by atoms with E-state index >= 15 is 0 Å². The third-order valence-corrected chi connectivity index (χ3v) is 8.13. The van der Waals surface area contributed by atoms with E-state index in [-0.39, 0.29) is 22.3 Å². The lowest BCUT2D eigenvalue weighted by Gasteiger charge is -2.22. The fraction of sp³-hybridized carbons (Fsp3) is 0.148. The van der Waals surface area contributed by atoms with Crippen molar-refractivity contribution >= 4 is 45.7 Å². The molecule has 0 saturated carbocycles. The zero-order chi connectivity index (χ0) is 26.1. The minimum Gasteiger partial charge on any atom is -0.507 e. The number of aliphatic hydroxyl groups excluding tert-OH is 1. The van der Waals surface area contributed by atoms with Crippen LogP contribution >= 0.6 is 23.1 Å². The highest BCUT2D eigenvalue weighted by molar-refractivity contribution is 8.00. The fourth-order valence-corrected chi connectivity index (χ4v) is 5.99. The van der Waals surface area contributed by atoms with Crippen LogP contribution in [0.3, 0.4) is 0 Å². The van der Waals surface area contributed by atoms with Gasteiger partial charge in [0, 0.05) is 23.7 Å². The molecule has 0 spiro atoms. The molecule has 1 saturated heterocycles. The average molecular weight is 533 g/mol. The average Bonchev–Trinajstić information content (AvgIpc) is 3.47. The van der Waals surface area contributed by atoms with E-state index in [9.17, 15) is 19.1 Å². The van der Waals surface area contributed by atoms with Gasteiger partial charge >= 0.3 is 5.91 Å². The summed E-state index contributed by atoms with van der Waals surface area (Å²) in [5, 5.41) is 19.9. The van der Waals surface area contributed by atoms with Crippen molar-refractivity contribution in [2.24, 2.45) is 0 Å². The van der Waals surface area contributed by atoms with Crippen LogP contribution in [-0.4, -0.2) is 32.0 Å². The monoisotopic (exact) mass is 532 g/mol. The maximum Gasteiger partial charge on any atom is 0.301 e. The number of halogens is 1. The number of benzene rings is 2. The number of amides is 1.